The first-order valence-electron chi connectivity index (χ1n) is 7.37. The molecule has 0 bridgehead atoms. The Kier molecular flexibility index (Phi) is 4.62. The van der Waals surface area contributed by atoms with E-state index in [9.17, 15) is 9.59 Å². The van der Waals surface area contributed by atoms with Crippen molar-refractivity contribution in [1.29, 1.82) is 0 Å². The van der Waals surface area contributed by atoms with E-state index in [1.54, 1.807) is 6.20 Å². The summed E-state index contributed by atoms with van der Waals surface area (Å²) in [4.78, 5) is 27.8. The van der Waals surface area contributed by atoms with E-state index in [-0.39, 0.29) is 17.7 Å². The molecular weight excluding hydrogens is 300 g/mol. The number of pyridine rings is 1. The maximum absolute atomic E-state index is 11.8. The van der Waals surface area contributed by atoms with Crippen molar-refractivity contribution < 1.29 is 9.59 Å². The fraction of sp³-hybridized carbons (Fsp3) is 0.400. The van der Waals surface area contributed by atoms with Gasteiger partial charge in [-0.1, -0.05) is 30.7 Å². The standard InChI is InChI=1S/C15H18N4O2S/c20-13(18-14(21)17-11-5-1-2-6-11)10-22-15-16-9-12-7-3-4-8-19(12)15/h3-4,7-9,11H,1-2,5-6,10H2,(H2,17,18,20,21). The summed E-state index contributed by atoms with van der Waals surface area (Å²) in [6.45, 7) is 0. The van der Waals surface area contributed by atoms with Gasteiger partial charge in [-0.15, -0.1) is 0 Å². The Bertz CT molecular complexity index is 679. The molecule has 0 saturated heterocycles. The van der Waals surface area contributed by atoms with Gasteiger partial charge in [0.1, 0.15) is 0 Å². The normalized spacial score (nSPS) is 15.1. The molecule has 2 N–H and O–H groups in total. The Hall–Kier alpha value is -2.02. The van der Waals surface area contributed by atoms with Crippen molar-refractivity contribution >= 4 is 29.2 Å². The van der Waals surface area contributed by atoms with Crippen LogP contribution in [-0.4, -0.2) is 33.1 Å². The molecule has 116 valence electrons. The zero-order valence-corrected chi connectivity index (χ0v) is 12.9. The molecule has 3 amide bonds. The minimum Gasteiger partial charge on any atom is -0.335 e. The number of nitrogens with zero attached hydrogens (tertiary/aromatic N) is 2. The molecule has 0 unspecified atom stereocenters. The Labute approximate surface area is 132 Å². The van der Waals surface area contributed by atoms with E-state index in [1.807, 2.05) is 28.8 Å². The Morgan fingerprint density at radius 2 is 2.14 bits per heavy atom. The van der Waals surface area contributed by atoms with Crippen LogP contribution in [0.25, 0.3) is 5.52 Å². The minimum atomic E-state index is -0.398. The zero-order chi connectivity index (χ0) is 15.4. The second-order valence-corrected chi connectivity index (χ2v) is 6.27. The van der Waals surface area contributed by atoms with Crippen LogP contribution < -0.4 is 10.6 Å². The van der Waals surface area contributed by atoms with Crippen LogP contribution in [0.3, 0.4) is 0 Å². The van der Waals surface area contributed by atoms with Crippen molar-refractivity contribution in [3.05, 3.63) is 30.6 Å². The number of nitrogens with one attached hydrogen (secondary N) is 2. The maximum Gasteiger partial charge on any atom is 0.321 e. The zero-order valence-electron chi connectivity index (χ0n) is 12.1. The molecule has 0 spiro atoms. The number of hydrogen-bond donors (Lipinski definition) is 2. The molecule has 2 heterocycles. The van der Waals surface area contributed by atoms with Crippen molar-refractivity contribution in [2.24, 2.45) is 0 Å². The molecule has 1 saturated carbocycles. The van der Waals surface area contributed by atoms with Crippen LogP contribution in [0.5, 0.6) is 0 Å². The summed E-state index contributed by atoms with van der Waals surface area (Å²) in [6, 6.07) is 5.60. The quantitative estimate of drug-likeness (QED) is 0.847. The average molecular weight is 318 g/mol. The number of hydrogen-bond acceptors (Lipinski definition) is 4. The predicted molar refractivity (Wildman–Crippen MR) is 84.8 cm³/mol. The molecule has 7 heteroatoms. The summed E-state index contributed by atoms with van der Waals surface area (Å²) in [5.74, 6) is -0.153. The lowest BCUT2D eigenvalue weighted by molar-refractivity contribution is -0.117. The molecular formula is C15H18N4O2S. The Morgan fingerprint density at radius 3 is 2.95 bits per heavy atom. The molecule has 6 nitrogen and oxygen atoms in total. The van der Waals surface area contributed by atoms with Gasteiger partial charge in [0.25, 0.3) is 0 Å². The number of fused-ring (bicyclic) bond motifs is 1. The van der Waals surface area contributed by atoms with E-state index in [1.165, 1.54) is 11.8 Å². The number of imide groups is 1. The first-order valence-corrected chi connectivity index (χ1v) is 8.36. The number of carbonyl (C=O) groups is 2. The molecule has 2 aromatic heterocycles. The average Bonchev–Trinajstić information content (AvgIpc) is 3.14. The summed E-state index contributed by atoms with van der Waals surface area (Å²) in [5, 5.41) is 5.94. The van der Waals surface area contributed by atoms with Crippen LogP contribution in [-0.2, 0) is 4.79 Å². The second kappa shape index (κ2) is 6.83. The van der Waals surface area contributed by atoms with Gasteiger partial charge in [-0.25, -0.2) is 9.78 Å². The van der Waals surface area contributed by atoms with Crippen LogP contribution in [0, 0.1) is 0 Å². The van der Waals surface area contributed by atoms with Gasteiger partial charge in [0.2, 0.25) is 5.91 Å². The van der Waals surface area contributed by atoms with Gasteiger partial charge in [-0.05, 0) is 25.0 Å². The number of aromatic nitrogens is 2. The van der Waals surface area contributed by atoms with Crippen molar-refractivity contribution in [3.8, 4) is 0 Å². The third-order valence-corrected chi connectivity index (χ3v) is 4.65. The number of thioether (sulfide) groups is 1. The molecule has 2 aromatic rings. The van der Waals surface area contributed by atoms with Crippen LogP contribution in [0.2, 0.25) is 0 Å². The fourth-order valence-corrected chi connectivity index (χ4v) is 3.38. The summed E-state index contributed by atoms with van der Waals surface area (Å²) in [6.07, 6.45) is 7.93. The second-order valence-electron chi connectivity index (χ2n) is 5.33. The largest absolute Gasteiger partial charge is 0.335 e. The number of carbonyl (C=O) groups excluding carboxylic acids is 2. The molecule has 22 heavy (non-hydrogen) atoms. The van der Waals surface area contributed by atoms with Crippen molar-refractivity contribution in [3.63, 3.8) is 0 Å². The monoisotopic (exact) mass is 318 g/mol. The first-order chi connectivity index (χ1) is 10.7. The highest BCUT2D eigenvalue weighted by Gasteiger charge is 2.18. The summed E-state index contributed by atoms with van der Waals surface area (Å²) >= 11 is 1.31. The van der Waals surface area contributed by atoms with Gasteiger partial charge < -0.3 is 5.32 Å². The Balaban J connectivity index is 1.48. The molecule has 1 aliphatic carbocycles. The predicted octanol–water partition coefficient (Wildman–Crippen LogP) is 2.19. The van der Waals surface area contributed by atoms with Crippen molar-refractivity contribution in [1.82, 2.24) is 20.0 Å². The highest BCUT2D eigenvalue weighted by molar-refractivity contribution is 7.99. The summed E-state index contributed by atoms with van der Waals surface area (Å²) < 4.78 is 1.91. The van der Waals surface area contributed by atoms with Crippen LogP contribution >= 0.6 is 11.8 Å². The molecule has 0 aliphatic heterocycles. The minimum absolute atomic E-state index is 0.159. The molecule has 3 rings (SSSR count). The van der Waals surface area contributed by atoms with E-state index in [0.717, 1.165) is 36.4 Å². The van der Waals surface area contributed by atoms with E-state index < -0.39 is 6.03 Å². The lowest BCUT2D eigenvalue weighted by Gasteiger charge is -2.11. The Morgan fingerprint density at radius 1 is 1.32 bits per heavy atom. The number of amides is 3. The van der Waals surface area contributed by atoms with Crippen molar-refractivity contribution in [2.45, 2.75) is 36.9 Å². The maximum atomic E-state index is 11.8. The van der Waals surface area contributed by atoms with Crippen molar-refractivity contribution in [2.75, 3.05) is 5.75 Å². The smallest absolute Gasteiger partial charge is 0.321 e. The van der Waals surface area contributed by atoms with E-state index in [4.69, 9.17) is 0 Å². The van der Waals surface area contributed by atoms with Gasteiger partial charge in [0.05, 0.1) is 17.5 Å². The topological polar surface area (TPSA) is 75.5 Å². The van der Waals surface area contributed by atoms with Crippen LogP contribution in [0.1, 0.15) is 25.7 Å². The number of rotatable bonds is 4. The van der Waals surface area contributed by atoms with Gasteiger partial charge in [0, 0.05) is 12.2 Å². The third-order valence-electron chi connectivity index (χ3n) is 3.68. The van der Waals surface area contributed by atoms with E-state index >= 15 is 0 Å². The summed E-state index contributed by atoms with van der Waals surface area (Å²) in [5.41, 5.74) is 0.976. The molecule has 1 fully saturated rings. The molecule has 1 aliphatic rings. The van der Waals surface area contributed by atoms with E-state index in [0.29, 0.717) is 0 Å². The lowest BCUT2D eigenvalue weighted by atomic mass is 10.2. The highest BCUT2D eigenvalue weighted by atomic mass is 32.2. The number of urea groups is 1. The van der Waals surface area contributed by atoms with Gasteiger partial charge >= 0.3 is 6.03 Å². The van der Waals surface area contributed by atoms with Crippen LogP contribution in [0.15, 0.2) is 35.7 Å². The first kappa shape index (κ1) is 14.9. The highest BCUT2D eigenvalue weighted by Crippen LogP contribution is 2.18. The molecule has 0 aromatic carbocycles. The SMILES string of the molecule is O=C(CSc1ncc2ccccn12)NC(=O)NC1CCCC1. The number of imidazole rings is 1. The fourth-order valence-electron chi connectivity index (χ4n) is 2.61. The van der Waals surface area contributed by atoms with E-state index in [2.05, 4.69) is 15.6 Å². The third kappa shape index (κ3) is 3.59. The van der Waals surface area contributed by atoms with Gasteiger partial charge in [0.15, 0.2) is 5.16 Å². The lowest BCUT2D eigenvalue weighted by Crippen LogP contribution is -2.44. The van der Waals surface area contributed by atoms with Gasteiger partial charge in [-0.2, -0.15) is 0 Å². The van der Waals surface area contributed by atoms with Crippen LogP contribution in [0.4, 0.5) is 4.79 Å². The summed E-state index contributed by atoms with van der Waals surface area (Å²) in [7, 11) is 0. The molecule has 0 atom stereocenters. The molecule has 0 radical (unpaired) electrons. The van der Waals surface area contributed by atoms with Gasteiger partial charge in [-0.3, -0.25) is 14.5 Å².